The van der Waals surface area contributed by atoms with Gasteiger partial charge >= 0.3 is 0 Å². The number of para-hydroxylation sites is 1. The van der Waals surface area contributed by atoms with Crippen molar-refractivity contribution in [1.29, 1.82) is 5.26 Å². The first kappa shape index (κ1) is 24.3. The van der Waals surface area contributed by atoms with Crippen LogP contribution in [0.1, 0.15) is 11.4 Å². The number of non-ortho nitro benzene ring substituents is 1. The van der Waals surface area contributed by atoms with Gasteiger partial charge in [0.05, 0.1) is 21.4 Å². The van der Waals surface area contributed by atoms with Crippen molar-refractivity contribution in [2.24, 2.45) is 0 Å². The van der Waals surface area contributed by atoms with Crippen LogP contribution in [0.25, 0.3) is 22.6 Å². The van der Waals surface area contributed by atoms with Gasteiger partial charge in [-0.15, -0.1) is 0 Å². The smallest absolute Gasteiger partial charge is 0.270 e. The third kappa shape index (κ3) is 5.63. The maximum atomic E-state index is 12.6. The summed E-state index contributed by atoms with van der Waals surface area (Å²) in [6, 6.07) is 19.4. The number of ether oxygens (including phenoxy) is 1. The van der Waals surface area contributed by atoms with Crippen LogP contribution in [0.15, 0.2) is 76.0 Å². The number of fused-ring (bicyclic) bond motifs is 1. The number of benzene rings is 3. The van der Waals surface area contributed by atoms with E-state index in [1.807, 2.05) is 12.1 Å². The molecule has 0 bridgehead atoms. The third-order valence-electron chi connectivity index (χ3n) is 4.96. The van der Waals surface area contributed by atoms with Crippen LogP contribution in [0, 0.1) is 21.4 Å². The number of rotatable bonds is 7. The lowest BCUT2D eigenvalue weighted by Crippen LogP contribution is -2.20. The number of aromatic amines is 1. The van der Waals surface area contributed by atoms with Gasteiger partial charge in [-0.3, -0.25) is 19.7 Å². The van der Waals surface area contributed by atoms with Crippen LogP contribution >= 0.6 is 15.9 Å². The first-order valence-corrected chi connectivity index (χ1v) is 11.2. The van der Waals surface area contributed by atoms with Gasteiger partial charge < -0.3 is 15.0 Å². The average molecular weight is 546 g/mol. The highest BCUT2D eigenvalue weighted by Gasteiger charge is 2.15. The monoisotopic (exact) mass is 545 g/mol. The van der Waals surface area contributed by atoms with Crippen molar-refractivity contribution in [3.8, 4) is 11.8 Å². The summed E-state index contributed by atoms with van der Waals surface area (Å²) in [7, 11) is 0. The summed E-state index contributed by atoms with van der Waals surface area (Å²) in [6.07, 6.45) is 1.31. The Labute approximate surface area is 212 Å². The maximum Gasteiger partial charge on any atom is 0.270 e. The van der Waals surface area contributed by atoms with Gasteiger partial charge in [0.15, 0.2) is 12.4 Å². The number of hydrogen-bond donors (Lipinski definition) is 2. The van der Waals surface area contributed by atoms with E-state index in [2.05, 4.69) is 31.2 Å². The number of nitro groups is 1. The van der Waals surface area contributed by atoms with Gasteiger partial charge in [-0.25, -0.2) is 4.98 Å². The van der Waals surface area contributed by atoms with E-state index in [-0.39, 0.29) is 35.0 Å². The standard InChI is InChI=1S/C25H16BrN5O5/c26-17-6-8-21-20(12-17)25(33)30-24(29-21)16(13-27)10-15-11-19(31(34)35)7-9-22(15)36-14-23(32)28-18-4-2-1-3-5-18/h1-12H,14H2,(H,28,32)(H,29,30,33). The molecule has 10 nitrogen and oxygen atoms in total. The van der Waals surface area contributed by atoms with Crippen molar-refractivity contribution >= 4 is 55.8 Å². The molecule has 0 aliphatic carbocycles. The Balaban J connectivity index is 1.68. The third-order valence-corrected chi connectivity index (χ3v) is 5.46. The van der Waals surface area contributed by atoms with E-state index >= 15 is 0 Å². The summed E-state index contributed by atoms with van der Waals surface area (Å²) in [5.41, 5.74) is 0.351. The number of amides is 1. The number of halogens is 1. The number of hydrogen-bond acceptors (Lipinski definition) is 7. The van der Waals surface area contributed by atoms with Gasteiger partial charge in [0.2, 0.25) is 0 Å². The lowest BCUT2D eigenvalue weighted by atomic mass is 10.1. The predicted octanol–water partition coefficient (Wildman–Crippen LogP) is 4.68. The molecule has 0 saturated heterocycles. The molecule has 3 aromatic carbocycles. The fraction of sp³-hybridized carbons (Fsp3) is 0.0400. The second-order valence-electron chi connectivity index (χ2n) is 7.43. The number of H-pyrrole nitrogens is 1. The van der Waals surface area contributed by atoms with Crippen LogP contribution in [-0.2, 0) is 4.79 Å². The number of nitrogens with one attached hydrogen (secondary N) is 2. The predicted molar refractivity (Wildman–Crippen MR) is 137 cm³/mol. The van der Waals surface area contributed by atoms with E-state index in [0.717, 1.165) is 0 Å². The Kier molecular flexibility index (Phi) is 7.17. The Morgan fingerprint density at radius 3 is 2.69 bits per heavy atom. The number of nitrogens with zero attached hydrogens (tertiary/aromatic N) is 3. The second kappa shape index (κ2) is 10.6. The fourth-order valence-corrected chi connectivity index (χ4v) is 3.66. The van der Waals surface area contributed by atoms with Gasteiger partial charge in [0.1, 0.15) is 11.8 Å². The molecule has 2 N–H and O–H groups in total. The summed E-state index contributed by atoms with van der Waals surface area (Å²) >= 11 is 3.30. The molecule has 0 fully saturated rings. The van der Waals surface area contributed by atoms with Crippen molar-refractivity contribution in [2.45, 2.75) is 0 Å². The van der Waals surface area contributed by atoms with E-state index in [0.29, 0.717) is 21.1 Å². The van der Waals surface area contributed by atoms with Crippen molar-refractivity contribution in [3.05, 3.63) is 103 Å². The molecule has 0 saturated carbocycles. The molecule has 0 unspecified atom stereocenters. The highest BCUT2D eigenvalue weighted by molar-refractivity contribution is 9.10. The topological polar surface area (TPSA) is 151 Å². The molecular weight excluding hydrogens is 530 g/mol. The van der Waals surface area contributed by atoms with Crippen LogP contribution in [0.3, 0.4) is 0 Å². The summed E-state index contributed by atoms with van der Waals surface area (Å²) in [4.78, 5) is 42.5. The number of carbonyl (C=O) groups excluding carboxylic acids is 1. The minimum atomic E-state index is -0.594. The molecule has 1 aromatic heterocycles. The molecule has 1 heterocycles. The number of nitro benzene ring substituents is 1. The molecule has 4 rings (SSSR count). The second-order valence-corrected chi connectivity index (χ2v) is 8.34. The first-order valence-electron chi connectivity index (χ1n) is 10.4. The summed E-state index contributed by atoms with van der Waals surface area (Å²) < 4.78 is 6.30. The number of allylic oxidation sites excluding steroid dienone is 1. The summed E-state index contributed by atoms with van der Waals surface area (Å²) in [5, 5.41) is 24.1. The van der Waals surface area contributed by atoms with E-state index in [1.165, 1.54) is 24.3 Å². The number of carbonyl (C=O) groups is 1. The molecule has 0 spiro atoms. The normalized spacial score (nSPS) is 11.1. The van der Waals surface area contributed by atoms with Crippen LogP contribution in [-0.4, -0.2) is 27.4 Å². The molecule has 36 heavy (non-hydrogen) atoms. The quantitative estimate of drug-likeness (QED) is 0.194. The molecule has 0 aliphatic rings. The molecule has 178 valence electrons. The molecule has 1 amide bonds. The van der Waals surface area contributed by atoms with Gasteiger partial charge in [0.25, 0.3) is 17.2 Å². The number of nitriles is 1. The van der Waals surface area contributed by atoms with Crippen LogP contribution < -0.4 is 15.6 Å². The SMILES string of the molecule is N#CC(=Cc1cc([N+](=O)[O-])ccc1OCC(=O)Nc1ccccc1)c1nc2ccc(Br)cc2c(=O)[nH]1. The molecule has 11 heteroatoms. The molecule has 0 aliphatic heterocycles. The Morgan fingerprint density at radius 1 is 1.19 bits per heavy atom. The zero-order chi connectivity index (χ0) is 25.7. The Hall–Kier alpha value is -4.82. The molecular formula is C25H16BrN5O5. The number of anilines is 1. The molecule has 0 atom stereocenters. The van der Waals surface area contributed by atoms with Crippen LogP contribution in [0.4, 0.5) is 11.4 Å². The fourth-order valence-electron chi connectivity index (χ4n) is 3.30. The van der Waals surface area contributed by atoms with Crippen molar-refractivity contribution < 1.29 is 14.5 Å². The van der Waals surface area contributed by atoms with Gasteiger partial charge in [-0.1, -0.05) is 34.1 Å². The maximum absolute atomic E-state index is 12.6. The molecule has 0 radical (unpaired) electrons. The van der Waals surface area contributed by atoms with Gasteiger partial charge in [-0.2, -0.15) is 5.26 Å². The van der Waals surface area contributed by atoms with Gasteiger partial charge in [-0.05, 0) is 42.5 Å². The lowest BCUT2D eigenvalue weighted by Gasteiger charge is -2.10. The van der Waals surface area contributed by atoms with E-state index in [1.54, 1.807) is 42.5 Å². The van der Waals surface area contributed by atoms with E-state index in [4.69, 9.17) is 4.74 Å². The Morgan fingerprint density at radius 2 is 1.97 bits per heavy atom. The Bertz CT molecular complexity index is 1610. The number of aromatic nitrogens is 2. The largest absolute Gasteiger partial charge is 0.483 e. The molecule has 4 aromatic rings. The van der Waals surface area contributed by atoms with Crippen molar-refractivity contribution in [2.75, 3.05) is 11.9 Å². The van der Waals surface area contributed by atoms with E-state index in [9.17, 15) is 25.0 Å². The first-order chi connectivity index (χ1) is 17.3. The summed E-state index contributed by atoms with van der Waals surface area (Å²) in [6.45, 7) is -0.380. The summed E-state index contributed by atoms with van der Waals surface area (Å²) in [5.74, 6) is -0.332. The average Bonchev–Trinajstić information content (AvgIpc) is 2.87. The van der Waals surface area contributed by atoms with Crippen LogP contribution in [0.5, 0.6) is 5.75 Å². The zero-order valence-electron chi connectivity index (χ0n) is 18.4. The zero-order valence-corrected chi connectivity index (χ0v) is 20.0. The highest BCUT2D eigenvalue weighted by atomic mass is 79.9. The van der Waals surface area contributed by atoms with Crippen molar-refractivity contribution in [3.63, 3.8) is 0 Å². The minimum Gasteiger partial charge on any atom is -0.483 e. The lowest BCUT2D eigenvalue weighted by molar-refractivity contribution is -0.384. The van der Waals surface area contributed by atoms with Crippen molar-refractivity contribution in [1.82, 2.24) is 9.97 Å². The highest BCUT2D eigenvalue weighted by Crippen LogP contribution is 2.28. The van der Waals surface area contributed by atoms with E-state index < -0.39 is 16.4 Å². The van der Waals surface area contributed by atoms with Crippen LogP contribution in [0.2, 0.25) is 0 Å². The van der Waals surface area contributed by atoms with Gasteiger partial charge in [0, 0.05) is 27.9 Å². The minimum absolute atomic E-state index is 0.0170.